The number of benzene rings is 3. The minimum atomic E-state index is -0.135. The van der Waals surface area contributed by atoms with Crippen molar-refractivity contribution in [3.8, 4) is 11.5 Å². The molecule has 3 aromatic carbocycles. The Morgan fingerprint density at radius 2 is 1.63 bits per heavy atom. The van der Waals surface area contributed by atoms with Crippen LogP contribution in [0.1, 0.15) is 36.2 Å². The number of nitrogens with zero attached hydrogens (tertiary/aromatic N) is 3. The van der Waals surface area contributed by atoms with Crippen molar-refractivity contribution in [1.29, 1.82) is 0 Å². The van der Waals surface area contributed by atoms with Crippen molar-refractivity contribution in [2.45, 2.75) is 39.5 Å². The van der Waals surface area contributed by atoms with Crippen molar-refractivity contribution in [2.75, 3.05) is 45.9 Å². The number of para-hydroxylation sites is 2. The minimum absolute atomic E-state index is 0.0234. The molecule has 4 aromatic rings. The highest BCUT2D eigenvalue weighted by Crippen LogP contribution is 2.31. The molecule has 0 unspecified atom stereocenters. The van der Waals surface area contributed by atoms with Gasteiger partial charge in [-0.15, -0.1) is 0 Å². The monoisotopic (exact) mass is 622 g/mol. The van der Waals surface area contributed by atoms with Crippen LogP contribution in [0.15, 0.2) is 72.9 Å². The molecule has 1 saturated heterocycles. The van der Waals surface area contributed by atoms with E-state index in [4.69, 9.17) is 32.7 Å². The Bertz CT molecular complexity index is 1500. The van der Waals surface area contributed by atoms with Crippen molar-refractivity contribution in [3.63, 3.8) is 0 Å². The quantitative estimate of drug-likeness (QED) is 0.179. The third-order valence-electron chi connectivity index (χ3n) is 7.66. The first-order valence-electron chi connectivity index (χ1n) is 15.0. The number of halogens is 2. The van der Waals surface area contributed by atoms with Gasteiger partial charge in [-0.1, -0.05) is 59.6 Å². The van der Waals surface area contributed by atoms with E-state index >= 15 is 0 Å². The van der Waals surface area contributed by atoms with E-state index in [0.717, 1.165) is 80.2 Å². The summed E-state index contributed by atoms with van der Waals surface area (Å²) in [5, 5.41) is 4.90. The summed E-state index contributed by atoms with van der Waals surface area (Å²) in [5.74, 6) is 1.58. The number of nitrogens with one attached hydrogen (secondary N) is 1. The summed E-state index contributed by atoms with van der Waals surface area (Å²) >= 11 is 12.2. The number of hydrogen-bond donors (Lipinski definition) is 1. The molecule has 0 bridgehead atoms. The molecule has 1 aliphatic heterocycles. The highest BCUT2D eigenvalue weighted by atomic mass is 35.5. The molecule has 1 N–H and O–H groups in total. The largest absolute Gasteiger partial charge is 0.492 e. The highest BCUT2D eigenvalue weighted by molar-refractivity contribution is 6.42. The first kappa shape index (κ1) is 31.2. The molecular formula is C34H40Cl2N4O3. The summed E-state index contributed by atoms with van der Waals surface area (Å²) in [6, 6.07) is 21.3. The number of rotatable bonds is 13. The fraction of sp³-hybridized carbons (Fsp3) is 0.382. The lowest BCUT2D eigenvalue weighted by Crippen LogP contribution is -2.47. The van der Waals surface area contributed by atoms with E-state index < -0.39 is 0 Å². The van der Waals surface area contributed by atoms with Gasteiger partial charge in [-0.2, -0.15) is 0 Å². The fourth-order valence-corrected chi connectivity index (χ4v) is 5.79. The maximum absolute atomic E-state index is 13.4. The van der Waals surface area contributed by atoms with E-state index in [9.17, 15) is 4.79 Å². The van der Waals surface area contributed by atoms with Crippen LogP contribution in [-0.4, -0.2) is 72.3 Å². The summed E-state index contributed by atoms with van der Waals surface area (Å²) in [6.45, 7) is 12.0. The second kappa shape index (κ2) is 15.0. The number of amides is 1. The molecule has 1 amide bonds. The van der Waals surface area contributed by atoms with Gasteiger partial charge < -0.3 is 24.3 Å². The summed E-state index contributed by atoms with van der Waals surface area (Å²) in [7, 11) is 0. The molecule has 7 nitrogen and oxygen atoms in total. The SMILES string of the molecule is CC(C)Oc1cccc2c(C(=O)NCc3ccc(Cl)c(Cl)c3)cn(CCCN3CCN(CCOc4ccccc4)CC3)c12. The number of aromatic nitrogens is 1. The Kier molecular flexibility index (Phi) is 10.9. The molecule has 2 heterocycles. The number of ether oxygens (including phenoxy) is 2. The standard InChI is InChI=1S/C34H40Cl2N4O3/c1-25(2)43-32-11-6-10-28-29(34(41)37-23-26-12-13-30(35)31(36)22-26)24-40(33(28)32)15-7-14-38-16-18-39(19-17-38)20-21-42-27-8-4-3-5-9-27/h3-6,8-13,22,24-25H,7,14-21,23H2,1-2H3,(H,37,41). The van der Waals surface area contributed by atoms with Gasteiger partial charge in [-0.25, -0.2) is 0 Å². The second-order valence-corrected chi connectivity index (χ2v) is 12.0. The average Bonchev–Trinajstić information content (AvgIpc) is 3.38. The van der Waals surface area contributed by atoms with Gasteiger partial charge >= 0.3 is 0 Å². The highest BCUT2D eigenvalue weighted by Gasteiger charge is 2.20. The Balaban J connectivity index is 1.18. The predicted octanol–water partition coefficient (Wildman–Crippen LogP) is 6.75. The fourth-order valence-electron chi connectivity index (χ4n) is 5.47. The third-order valence-corrected chi connectivity index (χ3v) is 8.40. The van der Waals surface area contributed by atoms with Crippen LogP contribution in [0.4, 0.5) is 0 Å². The van der Waals surface area contributed by atoms with Gasteiger partial charge in [0, 0.05) is 57.4 Å². The van der Waals surface area contributed by atoms with Crippen LogP contribution in [0.2, 0.25) is 10.0 Å². The van der Waals surface area contributed by atoms with Crippen molar-refractivity contribution >= 4 is 40.0 Å². The van der Waals surface area contributed by atoms with Crippen molar-refractivity contribution in [2.24, 2.45) is 0 Å². The van der Waals surface area contributed by atoms with E-state index in [1.54, 1.807) is 12.1 Å². The van der Waals surface area contributed by atoms with Gasteiger partial charge in [-0.05, 0) is 62.7 Å². The molecule has 5 rings (SSSR count). The molecule has 228 valence electrons. The minimum Gasteiger partial charge on any atom is -0.492 e. The molecule has 0 spiro atoms. The summed E-state index contributed by atoms with van der Waals surface area (Å²) < 4.78 is 14.2. The van der Waals surface area contributed by atoms with Crippen molar-refractivity contribution < 1.29 is 14.3 Å². The molecule has 0 radical (unpaired) electrons. The van der Waals surface area contributed by atoms with Gasteiger partial charge in [0.2, 0.25) is 0 Å². The zero-order valence-corrected chi connectivity index (χ0v) is 26.4. The van der Waals surface area contributed by atoms with Crippen LogP contribution in [0, 0.1) is 0 Å². The lowest BCUT2D eigenvalue weighted by Gasteiger charge is -2.34. The molecule has 1 aliphatic rings. The number of carbonyl (C=O) groups excluding carboxylic acids is 1. The van der Waals surface area contributed by atoms with Gasteiger partial charge in [0.1, 0.15) is 18.1 Å². The van der Waals surface area contributed by atoms with Gasteiger partial charge in [0.15, 0.2) is 0 Å². The molecule has 0 saturated carbocycles. The van der Waals surface area contributed by atoms with E-state index in [2.05, 4.69) is 19.7 Å². The predicted molar refractivity (Wildman–Crippen MR) is 175 cm³/mol. The van der Waals surface area contributed by atoms with Crippen LogP contribution in [0.25, 0.3) is 10.9 Å². The molecule has 1 aromatic heterocycles. The number of hydrogen-bond acceptors (Lipinski definition) is 5. The first-order valence-corrected chi connectivity index (χ1v) is 15.8. The lowest BCUT2D eigenvalue weighted by atomic mass is 10.1. The molecule has 1 fully saturated rings. The topological polar surface area (TPSA) is 59.0 Å². The normalized spacial score (nSPS) is 14.3. The molecule has 0 aliphatic carbocycles. The molecular weight excluding hydrogens is 583 g/mol. The number of carbonyl (C=O) groups is 1. The first-order chi connectivity index (χ1) is 20.9. The van der Waals surface area contributed by atoms with Crippen LogP contribution < -0.4 is 14.8 Å². The van der Waals surface area contributed by atoms with Crippen molar-refractivity contribution in [3.05, 3.63) is 94.1 Å². The van der Waals surface area contributed by atoms with Gasteiger partial charge in [-0.3, -0.25) is 9.69 Å². The smallest absolute Gasteiger partial charge is 0.253 e. The number of fused-ring (bicyclic) bond motifs is 1. The van der Waals surface area contributed by atoms with Crippen LogP contribution in [0.3, 0.4) is 0 Å². The maximum atomic E-state index is 13.4. The van der Waals surface area contributed by atoms with Crippen LogP contribution in [-0.2, 0) is 13.1 Å². The van der Waals surface area contributed by atoms with Crippen LogP contribution >= 0.6 is 23.2 Å². The lowest BCUT2D eigenvalue weighted by molar-refractivity contribution is 0.0952. The Morgan fingerprint density at radius 3 is 2.35 bits per heavy atom. The summed E-state index contributed by atoms with van der Waals surface area (Å²) in [4.78, 5) is 18.4. The van der Waals surface area contributed by atoms with E-state index in [1.165, 1.54) is 0 Å². The molecule has 0 atom stereocenters. The van der Waals surface area contributed by atoms with Crippen molar-refractivity contribution in [1.82, 2.24) is 19.7 Å². The van der Waals surface area contributed by atoms with E-state index in [0.29, 0.717) is 28.8 Å². The van der Waals surface area contributed by atoms with Gasteiger partial charge in [0.05, 0.1) is 27.2 Å². The number of aryl methyl sites for hydroxylation is 1. The maximum Gasteiger partial charge on any atom is 0.253 e. The molecule has 9 heteroatoms. The average molecular weight is 624 g/mol. The van der Waals surface area contributed by atoms with Crippen LogP contribution in [0.5, 0.6) is 11.5 Å². The molecule has 43 heavy (non-hydrogen) atoms. The summed E-state index contributed by atoms with van der Waals surface area (Å²) in [5.41, 5.74) is 2.48. The zero-order valence-electron chi connectivity index (χ0n) is 24.9. The Hall–Kier alpha value is -3.23. The van der Waals surface area contributed by atoms with E-state index in [1.807, 2.05) is 74.6 Å². The second-order valence-electron chi connectivity index (χ2n) is 11.2. The van der Waals surface area contributed by atoms with Gasteiger partial charge in [0.25, 0.3) is 5.91 Å². The zero-order chi connectivity index (χ0) is 30.2. The number of piperazine rings is 1. The Morgan fingerprint density at radius 1 is 0.884 bits per heavy atom. The van der Waals surface area contributed by atoms with E-state index in [-0.39, 0.29) is 12.0 Å². The summed E-state index contributed by atoms with van der Waals surface area (Å²) in [6.07, 6.45) is 2.96. The Labute approximate surface area is 264 Å². The third kappa shape index (κ3) is 8.45.